The number of hydrogen-bond acceptors (Lipinski definition) is 8. The van der Waals surface area contributed by atoms with Crippen LogP contribution in [0.2, 0.25) is 0 Å². The van der Waals surface area contributed by atoms with Crippen LogP contribution in [0.5, 0.6) is 5.75 Å². The number of anilines is 2. The molecule has 3 heterocycles. The van der Waals surface area contributed by atoms with Gasteiger partial charge in [0.15, 0.2) is 17.4 Å². The summed E-state index contributed by atoms with van der Waals surface area (Å²) in [4.78, 5) is 6.41. The van der Waals surface area contributed by atoms with Gasteiger partial charge >= 0.3 is 0 Å². The van der Waals surface area contributed by atoms with Gasteiger partial charge in [-0.3, -0.25) is 14.6 Å². The Balaban J connectivity index is 1.54. The number of hydrogen-bond donors (Lipinski definition) is 3. The fourth-order valence-electron chi connectivity index (χ4n) is 4.04. The van der Waals surface area contributed by atoms with Gasteiger partial charge in [-0.05, 0) is 44.1 Å². The van der Waals surface area contributed by atoms with Crippen molar-refractivity contribution in [2.45, 2.75) is 19.3 Å². The summed E-state index contributed by atoms with van der Waals surface area (Å²) in [7, 11) is 1.78. The first-order chi connectivity index (χ1) is 16.9. The van der Waals surface area contributed by atoms with Gasteiger partial charge in [0, 0.05) is 37.1 Å². The number of amidine groups is 1. The van der Waals surface area contributed by atoms with Gasteiger partial charge in [-0.15, -0.1) is 0 Å². The SMILES string of the molecule is Cn1cc(-c2cnc(N)c(/C(=N/N)N(N)c3ccc(OCCN4CCCCC4)c(F)c3F)c2)cn1. The molecule has 2 aromatic heterocycles. The molecule has 10 nitrogen and oxygen atoms in total. The lowest BCUT2D eigenvalue weighted by atomic mass is 10.1. The van der Waals surface area contributed by atoms with Crippen LogP contribution in [0, 0.1) is 11.6 Å². The Morgan fingerprint density at radius 1 is 1.14 bits per heavy atom. The molecule has 186 valence electrons. The Morgan fingerprint density at radius 3 is 2.60 bits per heavy atom. The van der Waals surface area contributed by atoms with E-state index < -0.39 is 11.6 Å². The number of piperidine rings is 1. The second-order valence-electron chi connectivity index (χ2n) is 8.34. The van der Waals surface area contributed by atoms with Crippen molar-refractivity contribution in [2.75, 3.05) is 37.0 Å². The maximum Gasteiger partial charge on any atom is 0.202 e. The topological polar surface area (TPSA) is 137 Å². The third-order valence-corrected chi connectivity index (χ3v) is 5.95. The zero-order valence-corrected chi connectivity index (χ0v) is 19.5. The molecule has 0 bridgehead atoms. The van der Waals surface area contributed by atoms with Crippen LogP contribution in [-0.2, 0) is 7.05 Å². The largest absolute Gasteiger partial charge is 0.489 e. The van der Waals surface area contributed by atoms with Crippen molar-refractivity contribution in [2.24, 2.45) is 23.8 Å². The van der Waals surface area contributed by atoms with Crippen molar-refractivity contribution >= 4 is 17.3 Å². The second-order valence-corrected chi connectivity index (χ2v) is 8.34. The Kier molecular flexibility index (Phi) is 7.42. The molecule has 0 amide bonds. The number of rotatable bonds is 7. The molecule has 1 saturated heterocycles. The number of likely N-dealkylation sites (tertiary alicyclic amines) is 1. The Morgan fingerprint density at radius 2 is 1.91 bits per heavy atom. The molecule has 1 aliphatic rings. The predicted molar refractivity (Wildman–Crippen MR) is 130 cm³/mol. The van der Waals surface area contributed by atoms with E-state index in [1.165, 1.54) is 18.6 Å². The maximum absolute atomic E-state index is 15.0. The molecule has 6 N–H and O–H groups in total. The lowest BCUT2D eigenvalue weighted by Crippen LogP contribution is -2.40. The van der Waals surface area contributed by atoms with Gasteiger partial charge in [0.1, 0.15) is 12.4 Å². The summed E-state index contributed by atoms with van der Waals surface area (Å²) in [6.07, 6.45) is 8.49. The van der Waals surface area contributed by atoms with E-state index in [9.17, 15) is 4.39 Å². The molecular weight excluding hydrogens is 456 g/mol. The summed E-state index contributed by atoms with van der Waals surface area (Å²) in [5.74, 6) is 9.14. The number of hydrazine groups is 1. The summed E-state index contributed by atoms with van der Waals surface area (Å²) < 4.78 is 37.0. The number of nitrogen functional groups attached to an aromatic ring is 1. The van der Waals surface area contributed by atoms with Crippen LogP contribution in [-0.4, -0.2) is 51.7 Å². The molecule has 0 unspecified atom stereocenters. The van der Waals surface area contributed by atoms with Crippen LogP contribution in [0.1, 0.15) is 24.8 Å². The average Bonchev–Trinajstić information content (AvgIpc) is 3.30. The zero-order valence-electron chi connectivity index (χ0n) is 19.5. The number of benzene rings is 1. The van der Waals surface area contributed by atoms with Gasteiger partial charge < -0.3 is 16.3 Å². The molecule has 1 fully saturated rings. The van der Waals surface area contributed by atoms with E-state index in [0.29, 0.717) is 12.1 Å². The number of aromatic nitrogens is 3. The van der Waals surface area contributed by atoms with Crippen molar-refractivity contribution in [1.82, 2.24) is 19.7 Å². The minimum Gasteiger partial charge on any atom is -0.489 e. The number of nitrogens with two attached hydrogens (primary N) is 3. The Labute approximate surface area is 201 Å². The van der Waals surface area contributed by atoms with Crippen LogP contribution >= 0.6 is 0 Å². The molecule has 0 radical (unpaired) electrons. The minimum atomic E-state index is -1.20. The third kappa shape index (κ3) is 5.33. The molecular formula is C23H29F2N9O. The standard InChI is InChI=1S/C23H29F2N9O/c1-32-14-16(13-30-32)15-11-17(22(26)29-12-15)23(31-27)34(28)18-5-6-19(21(25)20(18)24)35-10-9-33-7-3-2-4-8-33/h5-6,11-14H,2-4,7-10,27-28H2,1H3,(H2,26,29)/b31-23-. The molecule has 35 heavy (non-hydrogen) atoms. The van der Waals surface area contributed by atoms with E-state index in [1.54, 1.807) is 36.4 Å². The minimum absolute atomic E-state index is 0.0656. The van der Waals surface area contributed by atoms with E-state index in [1.807, 2.05) is 0 Å². The molecule has 0 spiro atoms. The monoisotopic (exact) mass is 485 g/mol. The predicted octanol–water partition coefficient (Wildman–Crippen LogP) is 2.21. The molecule has 0 saturated carbocycles. The van der Waals surface area contributed by atoms with E-state index in [2.05, 4.69) is 20.1 Å². The van der Waals surface area contributed by atoms with Gasteiger partial charge in [0.2, 0.25) is 5.82 Å². The van der Waals surface area contributed by atoms with Crippen molar-refractivity contribution in [1.29, 1.82) is 0 Å². The number of aryl methyl sites for hydroxylation is 1. The quantitative estimate of drug-likeness (QED) is 0.201. The lowest BCUT2D eigenvalue weighted by molar-refractivity contribution is 0.179. The van der Waals surface area contributed by atoms with E-state index >= 15 is 4.39 Å². The summed E-state index contributed by atoms with van der Waals surface area (Å²) in [5, 5.41) is 8.64. The summed E-state index contributed by atoms with van der Waals surface area (Å²) in [6.45, 7) is 2.88. The fourth-order valence-corrected chi connectivity index (χ4v) is 4.04. The average molecular weight is 486 g/mol. The highest BCUT2D eigenvalue weighted by Crippen LogP contribution is 2.30. The van der Waals surface area contributed by atoms with Crippen molar-refractivity contribution in [3.8, 4) is 16.9 Å². The number of hydrazone groups is 1. The first-order valence-electron chi connectivity index (χ1n) is 11.3. The normalized spacial score (nSPS) is 14.8. The van der Waals surface area contributed by atoms with Crippen LogP contribution in [0.4, 0.5) is 20.3 Å². The van der Waals surface area contributed by atoms with Crippen LogP contribution < -0.4 is 27.2 Å². The van der Waals surface area contributed by atoms with Gasteiger partial charge in [-0.2, -0.15) is 14.6 Å². The van der Waals surface area contributed by atoms with Gasteiger partial charge in [-0.1, -0.05) is 6.42 Å². The van der Waals surface area contributed by atoms with Crippen LogP contribution in [0.25, 0.3) is 11.1 Å². The van der Waals surface area contributed by atoms with Crippen molar-refractivity contribution in [3.05, 3.63) is 54.0 Å². The second kappa shape index (κ2) is 10.7. The summed E-state index contributed by atoms with van der Waals surface area (Å²) in [6, 6.07) is 4.28. The number of nitrogens with zero attached hydrogens (tertiary/aromatic N) is 6. The van der Waals surface area contributed by atoms with E-state index in [4.69, 9.17) is 22.2 Å². The Bertz CT molecular complexity index is 1210. The third-order valence-electron chi connectivity index (χ3n) is 5.95. The first-order valence-corrected chi connectivity index (χ1v) is 11.3. The molecule has 3 aromatic rings. The number of ether oxygens (including phenoxy) is 1. The van der Waals surface area contributed by atoms with Crippen molar-refractivity contribution in [3.63, 3.8) is 0 Å². The first kappa shape index (κ1) is 24.4. The molecule has 0 aliphatic carbocycles. The fraction of sp³-hybridized carbons (Fsp3) is 0.348. The number of pyridine rings is 1. The highest BCUT2D eigenvalue weighted by Gasteiger charge is 2.24. The smallest absolute Gasteiger partial charge is 0.202 e. The van der Waals surface area contributed by atoms with E-state index in [0.717, 1.165) is 36.5 Å². The van der Waals surface area contributed by atoms with Crippen molar-refractivity contribution < 1.29 is 13.5 Å². The van der Waals surface area contributed by atoms with E-state index in [-0.39, 0.29) is 35.3 Å². The molecule has 4 rings (SSSR count). The van der Waals surface area contributed by atoms with Gasteiger partial charge in [0.05, 0.1) is 17.4 Å². The van der Waals surface area contributed by atoms with Crippen LogP contribution in [0.15, 0.2) is 41.9 Å². The lowest BCUT2D eigenvalue weighted by Gasteiger charge is -2.26. The zero-order chi connectivity index (χ0) is 24.9. The molecule has 0 atom stereocenters. The van der Waals surface area contributed by atoms with Gasteiger partial charge in [-0.25, -0.2) is 15.2 Å². The molecule has 12 heteroatoms. The summed E-state index contributed by atoms with van der Waals surface area (Å²) >= 11 is 0. The molecule has 1 aromatic carbocycles. The van der Waals surface area contributed by atoms with Gasteiger partial charge in [0.25, 0.3) is 0 Å². The number of halogens is 2. The summed E-state index contributed by atoms with van der Waals surface area (Å²) in [5.41, 5.74) is 7.42. The highest BCUT2D eigenvalue weighted by atomic mass is 19.2. The Hall–Kier alpha value is -3.77. The molecule has 1 aliphatic heterocycles. The van der Waals surface area contributed by atoms with Crippen LogP contribution in [0.3, 0.4) is 0 Å². The maximum atomic E-state index is 15.0. The highest BCUT2D eigenvalue weighted by molar-refractivity contribution is 6.12.